The summed E-state index contributed by atoms with van der Waals surface area (Å²) in [5.74, 6) is -0.681. The number of ketones is 1. The van der Waals surface area contributed by atoms with Crippen LogP contribution in [0.5, 0.6) is 0 Å². The van der Waals surface area contributed by atoms with Gasteiger partial charge in [-0.1, -0.05) is 76.6 Å². The minimum absolute atomic E-state index is 0.0993. The lowest BCUT2D eigenvalue weighted by atomic mass is 10.0. The lowest BCUT2D eigenvalue weighted by Gasteiger charge is -2.26. The Labute approximate surface area is 231 Å². The summed E-state index contributed by atoms with van der Waals surface area (Å²) in [4.78, 5) is 26.3. The molecule has 6 nitrogen and oxygen atoms in total. The number of hydrogen-bond acceptors (Lipinski definition) is 4. The first-order valence-corrected chi connectivity index (χ1v) is 14.3. The van der Waals surface area contributed by atoms with Crippen LogP contribution in [0, 0.1) is 0 Å². The largest absolute Gasteiger partial charge is 0.321 e. The van der Waals surface area contributed by atoms with Crippen molar-refractivity contribution in [2.24, 2.45) is 0 Å². The maximum atomic E-state index is 13.4. The third-order valence-corrected chi connectivity index (χ3v) is 8.52. The van der Waals surface area contributed by atoms with Crippen LogP contribution in [0.15, 0.2) is 112 Å². The molecular weight excluding hydrogens is 564 g/mol. The molecule has 0 saturated heterocycles. The fraction of sp³-hybridized carbons (Fsp3) is 0.133. The van der Waals surface area contributed by atoms with Crippen molar-refractivity contribution < 1.29 is 18.0 Å². The van der Waals surface area contributed by atoms with Crippen LogP contribution in [0.1, 0.15) is 45.7 Å². The van der Waals surface area contributed by atoms with E-state index >= 15 is 0 Å². The van der Waals surface area contributed by atoms with Crippen molar-refractivity contribution in [3.8, 4) is 0 Å². The zero-order valence-corrected chi connectivity index (χ0v) is 23.4. The number of rotatable bonds is 9. The highest BCUT2D eigenvalue weighted by Crippen LogP contribution is 2.26. The average Bonchev–Trinajstić information content (AvgIpc) is 2.93. The van der Waals surface area contributed by atoms with E-state index in [0.717, 1.165) is 5.56 Å². The Kier molecular flexibility index (Phi) is 8.56. The van der Waals surface area contributed by atoms with Crippen LogP contribution in [-0.2, 0) is 16.6 Å². The summed E-state index contributed by atoms with van der Waals surface area (Å²) >= 11 is 3.39. The number of benzene rings is 4. The first-order valence-electron chi connectivity index (χ1n) is 12.0. The average molecular weight is 592 g/mol. The highest BCUT2D eigenvalue weighted by atomic mass is 79.9. The van der Waals surface area contributed by atoms with Crippen molar-refractivity contribution in [3.05, 3.63) is 130 Å². The van der Waals surface area contributed by atoms with Gasteiger partial charge in [0.15, 0.2) is 5.78 Å². The molecule has 0 spiro atoms. The molecule has 1 amide bonds. The van der Waals surface area contributed by atoms with Crippen molar-refractivity contribution in [2.75, 3.05) is 5.32 Å². The molecule has 0 atom stereocenters. The molecule has 0 aliphatic carbocycles. The van der Waals surface area contributed by atoms with Gasteiger partial charge in [0.25, 0.3) is 5.91 Å². The smallest absolute Gasteiger partial charge is 0.255 e. The minimum atomic E-state index is -3.80. The number of carbonyl (C=O) groups is 2. The zero-order valence-electron chi connectivity index (χ0n) is 21.0. The van der Waals surface area contributed by atoms with Gasteiger partial charge in [0.05, 0.1) is 10.6 Å². The standard InChI is InChI=1S/C30H27BrN2O4S/c1-21(2)33(20-22-9-5-3-6-10-22)38(36,37)26-16-13-24(14-17-26)30(35)32-28-18-15-25(31)19-27(28)29(34)23-11-7-4-8-12-23/h3-19,21H,20H2,1-2H3,(H,32,35). The van der Waals surface area contributed by atoms with Crippen molar-refractivity contribution >= 4 is 43.3 Å². The molecule has 4 aromatic carbocycles. The van der Waals surface area contributed by atoms with Crippen LogP contribution in [0.25, 0.3) is 0 Å². The third-order valence-electron chi connectivity index (χ3n) is 5.99. The van der Waals surface area contributed by atoms with Gasteiger partial charge >= 0.3 is 0 Å². The number of sulfonamides is 1. The quantitative estimate of drug-likeness (QED) is 0.224. The molecule has 0 aromatic heterocycles. The Bertz CT molecular complexity index is 1540. The molecular formula is C30H27BrN2O4S. The number of hydrogen-bond donors (Lipinski definition) is 1. The van der Waals surface area contributed by atoms with Crippen LogP contribution < -0.4 is 5.32 Å². The van der Waals surface area contributed by atoms with Crippen LogP contribution in [0.3, 0.4) is 0 Å². The van der Waals surface area contributed by atoms with Crippen molar-refractivity contribution in [3.63, 3.8) is 0 Å². The molecule has 4 rings (SSSR count). The highest BCUT2D eigenvalue weighted by molar-refractivity contribution is 9.10. The Balaban J connectivity index is 1.56. The van der Waals surface area contributed by atoms with Crippen molar-refractivity contribution in [1.29, 1.82) is 0 Å². The van der Waals surface area contributed by atoms with Gasteiger partial charge in [-0.25, -0.2) is 8.42 Å². The van der Waals surface area contributed by atoms with Gasteiger partial charge in [-0.2, -0.15) is 4.31 Å². The number of nitrogens with one attached hydrogen (secondary N) is 1. The van der Waals surface area contributed by atoms with E-state index < -0.39 is 15.9 Å². The van der Waals surface area contributed by atoms with E-state index in [-0.39, 0.29) is 28.8 Å². The van der Waals surface area contributed by atoms with Gasteiger partial charge in [-0.05, 0) is 61.9 Å². The van der Waals surface area contributed by atoms with E-state index in [1.54, 1.807) is 42.5 Å². The Hall–Kier alpha value is -3.59. The second-order valence-electron chi connectivity index (χ2n) is 8.99. The van der Waals surface area contributed by atoms with E-state index in [9.17, 15) is 18.0 Å². The summed E-state index contributed by atoms with van der Waals surface area (Å²) in [6, 6.07) is 28.8. The monoisotopic (exact) mass is 590 g/mol. The second kappa shape index (κ2) is 11.9. The predicted octanol–water partition coefficient (Wildman–Crippen LogP) is 6.53. The molecule has 0 aliphatic heterocycles. The molecule has 1 N–H and O–H groups in total. The highest BCUT2D eigenvalue weighted by Gasteiger charge is 2.27. The minimum Gasteiger partial charge on any atom is -0.321 e. The van der Waals surface area contributed by atoms with Gasteiger partial charge in [-0.3, -0.25) is 9.59 Å². The maximum absolute atomic E-state index is 13.4. The fourth-order valence-corrected chi connectivity index (χ4v) is 5.96. The Morgan fingerprint density at radius 3 is 2.03 bits per heavy atom. The van der Waals surface area contributed by atoms with Gasteiger partial charge in [0.1, 0.15) is 0 Å². The summed E-state index contributed by atoms with van der Waals surface area (Å²) in [7, 11) is -3.80. The van der Waals surface area contributed by atoms with Crippen LogP contribution in [0.2, 0.25) is 0 Å². The van der Waals surface area contributed by atoms with Crippen molar-refractivity contribution in [2.45, 2.75) is 31.3 Å². The van der Waals surface area contributed by atoms with Gasteiger partial charge in [-0.15, -0.1) is 0 Å². The second-order valence-corrected chi connectivity index (χ2v) is 11.8. The van der Waals surface area contributed by atoms with Gasteiger partial charge < -0.3 is 5.32 Å². The van der Waals surface area contributed by atoms with Gasteiger partial charge in [0, 0.05) is 33.7 Å². The van der Waals surface area contributed by atoms with E-state index in [1.807, 2.05) is 50.2 Å². The number of anilines is 1. The van der Waals surface area contributed by atoms with E-state index in [1.165, 1.54) is 28.6 Å². The molecule has 8 heteroatoms. The Morgan fingerprint density at radius 1 is 0.816 bits per heavy atom. The SMILES string of the molecule is CC(C)N(Cc1ccccc1)S(=O)(=O)c1ccc(C(=O)Nc2ccc(Br)cc2C(=O)c2ccccc2)cc1. The Morgan fingerprint density at radius 2 is 1.42 bits per heavy atom. The number of nitrogens with zero attached hydrogens (tertiary/aromatic N) is 1. The lowest BCUT2D eigenvalue weighted by molar-refractivity contribution is 0.102. The first-order chi connectivity index (χ1) is 18.2. The third kappa shape index (κ3) is 6.27. The normalized spacial score (nSPS) is 11.5. The van der Waals surface area contributed by atoms with Gasteiger partial charge in [0.2, 0.25) is 10.0 Å². The molecule has 0 unspecified atom stereocenters. The molecule has 38 heavy (non-hydrogen) atoms. The van der Waals surface area contributed by atoms with E-state index in [2.05, 4.69) is 21.2 Å². The topological polar surface area (TPSA) is 83.6 Å². The number of halogens is 1. The number of carbonyl (C=O) groups excluding carboxylic acids is 2. The maximum Gasteiger partial charge on any atom is 0.255 e. The fourth-order valence-electron chi connectivity index (χ4n) is 3.97. The predicted molar refractivity (Wildman–Crippen MR) is 153 cm³/mol. The summed E-state index contributed by atoms with van der Waals surface area (Å²) in [6.45, 7) is 3.90. The molecule has 0 aliphatic rings. The molecule has 0 heterocycles. The summed E-state index contributed by atoms with van der Waals surface area (Å²) < 4.78 is 29.0. The summed E-state index contributed by atoms with van der Waals surface area (Å²) in [5.41, 5.74) is 2.35. The summed E-state index contributed by atoms with van der Waals surface area (Å²) in [5, 5.41) is 2.80. The van der Waals surface area contributed by atoms with E-state index in [4.69, 9.17) is 0 Å². The molecule has 0 bridgehead atoms. The molecule has 0 fully saturated rings. The van der Waals surface area contributed by atoms with E-state index in [0.29, 0.717) is 21.3 Å². The molecule has 0 radical (unpaired) electrons. The summed E-state index contributed by atoms with van der Waals surface area (Å²) in [6.07, 6.45) is 0. The van der Waals surface area contributed by atoms with Crippen LogP contribution >= 0.6 is 15.9 Å². The van der Waals surface area contributed by atoms with Crippen LogP contribution in [0.4, 0.5) is 5.69 Å². The van der Waals surface area contributed by atoms with Crippen molar-refractivity contribution in [1.82, 2.24) is 4.31 Å². The van der Waals surface area contributed by atoms with Crippen LogP contribution in [-0.4, -0.2) is 30.5 Å². The molecule has 194 valence electrons. The molecule has 0 saturated carbocycles. The molecule has 4 aromatic rings. The number of amides is 1. The zero-order chi connectivity index (χ0) is 27.3. The lowest BCUT2D eigenvalue weighted by Crippen LogP contribution is -2.36. The first kappa shape index (κ1) is 27.4.